The van der Waals surface area contributed by atoms with Gasteiger partial charge in [0.15, 0.2) is 12.4 Å². The summed E-state index contributed by atoms with van der Waals surface area (Å²) >= 11 is 7.21. The molecule has 1 aromatic carbocycles. The van der Waals surface area contributed by atoms with Gasteiger partial charge in [0.2, 0.25) is 5.78 Å². The number of hydrogen-bond acceptors (Lipinski definition) is 9. The van der Waals surface area contributed by atoms with Gasteiger partial charge in [-0.15, -0.1) is 11.3 Å². The van der Waals surface area contributed by atoms with E-state index in [1.165, 1.54) is 16.2 Å². The number of Topliss-reactive ketones (excluding diaryl/α,β-unsaturated/α-hetero) is 1. The Kier molecular flexibility index (Phi) is 9.21. The maximum absolute atomic E-state index is 13.0. The Morgan fingerprint density at radius 3 is 2.80 bits per heavy atom. The molecule has 2 fully saturated rings. The van der Waals surface area contributed by atoms with Gasteiger partial charge in [-0.1, -0.05) is 29.8 Å². The van der Waals surface area contributed by atoms with Crippen LogP contribution in [-0.2, 0) is 23.8 Å². The number of aryl methyl sites for hydroxylation is 1. The number of aliphatic hydroxyl groups excluding tert-OH is 1. The van der Waals surface area contributed by atoms with Crippen LogP contribution in [0, 0.1) is 6.92 Å². The van der Waals surface area contributed by atoms with Crippen molar-refractivity contribution in [2.24, 2.45) is 0 Å². The number of anilines is 1. The van der Waals surface area contributed by atoms with Gasteiger partial charge in [-0.25, -0.2) is 4.79 Å². The number of nitrogens with one attached hydrogen (secondary N) is 1. The summed E-state index contributed by atoms with van der Waals surface area (Å²) in [6, 6.07) is 8.95. The van der Waals surface area contributed by atoms with Gasteiger partial charge in [0, 0.05) is 35.8 Å². The SMILES string of the molecule is Cc1cc(N2C[C@H](CNC(O)c3ccc(Cl)s3)OC2=O)ccc1C=C1C=CC=C(OCC(=O)N2CCOCC2)C1=O. The molecule has 1 aliphatic carbocycles. The van der Waals surface area contributed by atoms with Gasteiger partial charge >= 0.3 is 6.09 Å². The van der Waals surface area contributed by atoms with E-state index >= 15 is 0 Å². The van der Waals surface area contributed by atoms with Gasteiger partial charge in [0.1, 0.15) is 12.3 Å². The van der Waals surface area contributed by atoms with Gasteiger partial charge in [-0.3, -0.25) is 19.8 Å². The van der Waals surface area contributed by atoms with Crippen LogP contribution in [0.25, 0.3) is 6.08 Å². The van der Waals surface area contributed by atoms with Crippen molar-refractivity contribution in [3.8, 4) is 0 Å². The van der Waals surface area contributed by atoms with E-state index in [-0.39, 0.29) is 30.6 Å². The molecular formula is C29H30ClN3O7S. The third-order valence-corrected chi connectivity index (χ3v) is 8.16. The van der Waals surface area contributed by atoms with Crippen molar-refractivity contribution in [3.05, 3.63) is 80.2 Å². The molecule has 2 atom stereocenters. The summed E-state index contributed by atoms with van der Waals surface area (Å²) < 4.78 is 16.9. The van der Waals surface area contributed by atoms with Crippen molar-refractivity contribution in [2.45, 2.75) is 19.3 Å². The maximum atomic E-state index is 13.0. The van der Waals surface area contributed by atoms with Crippen LogP contribution in [0.15, 0.2) is 59.9 Å². The van der Waals surface area contributed by atoms with Crippen molar-refractivity contribution >= 4 is 52.5 Å². The summed E-state index contributed by atoms with van der Waals surface area (Å²) in [7, 11) is 0. The second kappa shape index (κ2) is 13.0. The monoisotopic (exact) mass is 599 g/mol. The van der Waals surface area contributed by atoms with Crippen LogP contribution in [0.4, 0.5) is 10.5 Å². The average Bonchev–Trinajstić information content (AvgIpc) is 3.58. The molecule has 10 nitrogen and oxygen atoms in total. The molecule has 0 radical (unpaired) electrons. The minimum Gasteiger partial charge on any atom is -0.480 e. The number of rotatable bonds is 9. The van der Waals surface area contributed by atoms with Crippen molar-refractivity contribution < 1.29 is 33.7 Å². The smallest absolute Gasteiger partial charge is 0.414 e. The van der Waals surface area contributed by atoms with Gasteiger partial charge in [-0.2, -0.15) is 0 Å². The molecule has 1 unspecified atom stereocenters. The number of allylic oxidation sites excluding steroid dienone is 4. The molecule has 2 aliphatic heterocycles. The number of thiophene rings is 1. The third-order valence-electron chi connectivity index (χ3n) is 6.88. The fraction of sp³-hybridized carbons (Fsp3) is 0.345. The largest absolute Gasteiger partial charge is 0.480 e. The highest BCUT2D eigenvalue weighted by atomic mass is 35.5. The molecule has 0 bridgehead atoms. The van der Waals surface area contributed by atoms with E-state index in [0.717, 1.165) is 11.1 Å². The quantitative estimate of drug-likeness (QED) is 0.332. The number of carbonyl (C=O) groups is 3. The summed E-state index contributed by atoms with van der Waals surface area (Å²) in [5, 5.41) is 13.3. The Labute approximate surface area is 246 Å². The first-order chi connectivity index (χ1) is 19.8. The molecule has 12 heteroatoms. The molecule has 2 amide bonds. The number of aliphatic hydroxyl groups is 1. The lowest BCUT2D eigenvalue weighted by molar-refractivity contribution is -0.139. The Morgan fingerprint density at radius 2 is 2.07 bits per heavy atom. The van der Waals surface area contributed by atoms with Gasteiger partial charge in [0.25, 0.3) is 5.91 Å². The molecule has 41 heavy (non-hydrogen) atoms. The topological polar surface area (TPSA) is 118 Å². The van der Waals surface area contributed by atoms with Crippen LogP contribution in [-0.4, -0.2) is 79.9 Å². The lowest BCUT2D eigenvalue weighted by atomic mass is 9.99. The Bertz CT molecular complexity index is 1410. The number of morpholine rings is 1. The highest BCUT2D eigenvalue weighted by Gasteiger charge is 2.33. The Balaban J connectivity index is 1.18. The first-order valence-electron chi connectivity index (χ1n) is 13.2. The van der Waals surface area contributed by atoms with E-state index in [9.17, 15) is 19.5 Å². The van der Waals surface area contributed by atoms with Crippen molar-refractivity contribution in [2.75, 3.05) is 50.9 Å². The van der Waals surface area contributed by atoms with E-state index in [0.29, 0.717) is 53.3 Å². The van der Waals surface area contributed by atoms with Crippen LogP contribution in [0.5, 0.6) is 0 Å². The van der Waals surface area contributed by atoms with Gasteiger partial charge < -0.3 is 24.2 Å². The maximum Gasteiger partial charge on any atom is 0.414 e. The lowest BCUT2D eigenvalue weighted by Gasteiger charge is -2.27. The van der Waals surface area contributed by atoms with E-state index in [2.05, 4.69) is 5.32 Å². The summed E-state index contributed by atoms with van der Waals surface area (Å²) in [5.41, 5.74) is 2.75. The minimum absolute atomic E-state index is 0.112. The van der Waals surface area contributed by atoms with Crippen LogP contribution in [0.3, 0.4) is 0 Å². The molecular weight excluding hydrogens is 570 g/mol. The third kappa shape index (κ3) is 7.06. The molecule has 0 spiro atoms. The lowest BCUT2D eigenvalue weighted by Crippen LogP contribution is -2.42. The second-order valence-electron chi connectivity index (χ2n) is 9.71. The molecule has 0 saturated carbocycles. The normalized spacial score (nSPS) is 20.8. The predicted octanol–water partition coefficient (Wildman–Crippen LogP) is 3.60. The van der Waals surface area contributed by atoms with E-state index < -0.39 is 18.4 Å². The number of amides is 2. The molecule has 1 aromatic heterocycles. The predicted molar refractivity (Wildman–Crippen MR) is 155 cm³/mol. The summed E-state index contributed by atoms with van der Waals surface area (Å²) in [5.74, 6) is -0.381. The number of halogens is 1. The van der Waals surface area contributed by atoms with E-state index in [1.807, 2.05) is 19.1 Å². The van der Waals surface area contributed by atoms with E-state index in [1.54, 1.807) is 47.4 Å². The number of nitrogens with zero attached hydrogens (tertiary/aromatic N) is 2. The number of hydrogen-bond donors (Lipinski definition) is 2. The van der Waals surface area contributed by atoms with Crippen LogP contribution in [0.1, 0.15) is 22.2 Å². The molecule has 2 aromatic rings. The van der Waals surface area contributed by atoms with E-state index in [4.69, 9.17) is 25.8 Å². The minimum atomic E-state index is -0.905. The fourth-order valence-electron chi connectivity index (χ4n) is 4.62. The first kappa shape index (κ1) is 29.0. The molecule has 216 valence electrons. The average molecular weight is 600 g/mol. The zero-order valence-corrected chi connectivity index (χ0v) is 24.0. The van der Waals surface area contributed by atoms with Crippen LogP contribution < -0.4 is 10.2 Å². The Hall–Kier alpha value is -3.48. The first-order valence-corrected chi connectivity index (χ1v) is 14.4. The molecule has 5 rings (SSSR count). The standard InChI is InChI=1S/C29H30ClN3O7S/c1-18-13-21(33-16-22(40-29(33)37)15-31-28(36)24-7-8-25(30)41-24)6-5-19(18)14-20-3-2-4-23(27(20)35)39-17-26(34)32-9-11-38-12-10-32/h2-8,13-14,22,28,31,36H,9-12,15-17H2,1H3/t22-,28?/m0/s1. The number of benzene rings is 1. The number of ketones is 1. The van der Waals surface area contributed by atoms with Crippen LogP contribution >= 0.6 is 22.9 Å². The van der Waals surface area contributed by atoms with Gasteiger partial charge in [0.05, 0.1) is 24.1 Å². The zero-order chi connectivity index (χ0) is 28.9. The summed E-state index contributed by atoms with van der Waals surface area (Å²) in [4.78, 5) is 41.9. The fourth-order valence-corrected chi connectivity index (χ4v) is 5.64. The zero-order valence-electron chi connectivity index (χ0n) is 22.4. The van der Waals surface area contributed by atoms with Crippen molar-refractivity contribution in [3.63, 3.8) is 0 Å². The summed E-state index contributed by atoms with van der Waals surface area (Å²) in [6.45, 7) is 4.28. The number of carbonyl (C=O) groups excluding carboxylic acids is 3. The van der Waals surface area contributed by atoms with Crippen molar-refractivity contribution in [1.82, 2.24) is 10.2 Å². The Morgan fingerprint density at radius 1 is 1.27 bits per heavy atom. The second-order valence-corrected chi connectivity index (χ2v) is 11.5. The molecule has 3 heterocycles. The van der Waals surface area contributed by atoms with Crippen LogP contribution in [0.2, 0.25) is 4.34 Å². The highest BCUT2D eigenvalue weighted by molar-refractivity contribution is 7.16. The molecule has 2 saturated heterocycles. The van der Waals surface area contributed by atoms with Crippen molar-refractivity contribution in [1.29, 1.82) is 0 Å². The molecule has 3 aliphatic rings. The van der Waals surface area contributed by atoms with Gasteiger partial charge in [-0.05, 0) is 54.5 Å². The summed E-state index contributed by atoms with van der Waals surface area (Å²) in [6.07, 6.45) is 4.90. The highest BCUT2D eigenvalue weighted by Crippen LogP contribution is 2.28. The number of cyclic esters (lactones) is 1. The number of ether oxygens (including phenoxy) is 3. The molecule has 2 N–H and O–H groups in total.